The van der Waals surface area contributed by atoms with Crippen molar-refractivity contribution in [1.29, 1.82) is 0 Å². The lowest BCUT2D eigenvalue weighted by molar-refractivity contribution is 0.333. The molecule has 0 bridgehead atoms. The van der Waals surface area contributed by atoms with Crippen LogP contribution in [-0.2, 0) is 0 Å². The average Bonchev–Trinajstić information content (AvgIpc) is 2.73. The Kier molecular flexibility index (Phi) is 3.20. The summed E-state index contributed by atoms with van der Waals surface area (Å²) in [5.74, 6) is 0. The molecule has 4 aliphatic rings. The maximum atomic E-state index is 2.50. The normalized spacial score (nSPS) is 29.6. The first kappa shape index (κ1) is 16.4. The Hall–Kier alpha value is -2.60. The summed E-state index contributed by atoms with van der Waals surface area (Å²) in [5, 5.41) is 0. The molecular formula is C28H26. The predicted octanol–water partition coefficient (Wildman–Crippen LogP) is 7.55. The number of fused-ring (bicyclic) bond motifs is 8. The van der Waals surface area contributed by atoms with Crippen LogP contribution in [0.2, 0.25) is 0 Å². The van der Waals surface area contributed by atoms with Crippen LogP contribution < -0.4 is 0 Å². The number of benzene rings is 2. The summed E-state index contributed by atoms with van der Waals surface area (Å²) in [6, 6.07) is 18.0. The molecule has 1 saturated carbocycles. The molecule has 1 fully saturated rings. The molecule has 6 rings (SSSR count). The molecule has 0 aromatic heterocycles. The molecule has 2 unspecified atom stereocenters. The van der Waals surface area contributed by atoms with Crippen molar-refractivity contribution in [2.24, 2.45) is 10.8 Å². The zero-order chi connectivity index (χ0) is 18.9. The minimum absolute atomic E-state index is 0.0170. The third-order valence-corrected chi connectivity index (χ3v) is 7.84. The molecular weight excluding hydrogens is 336 g/mol. The van der Waals surface area contributed by atoms with Crippen LogP contribution in [0.1, 0.15) is 61.8 Å². The minimum Gasteiger partial charge on any atom is -0.0724 e. The van der Waals surface area contributed by atoms with Gasteiger partial charge in [0.1, 0.15) is 0 Å². The minimum atomic E-state index is -0.0170. The predicted molar refractivity (Wildman–Crippen MR) is 119 cm³/mol. The van der Waals surface area contributed by atoms with Crippen LogP contribution >= 0.6 is 0 Å². The second-order valence-electron chi connectivity index (χ2n) is 9.16. The summed E-state index contributed by atoms with van der Waals surface area (Å²) >= 11 is 0. The van der Waals surface area contributed by atoms with Crippen LogP contribution in [0.4, 0.5) is 0 Å². The summed E-state index contributed by atoms with van der Waals surface area (Å²) in [7, 11) is 0. The van der Waals surface area contributed by atoms with Gasteiger partial charge in [0, 0.05) is 10.8 Å². The fourth-order valence-electron chi connectivity index (χ4n) is 6.25. The Bertz CT molecular complexity index is 1040. The first-order chi connectivity index (χ1) is 13.6. The van der Waals surface area contributed by atoms with Gasteiger partial charge in [0.25, 0.3) is 0 Å². The first-order valence-electron chi connectivity index (χ1n) is 10.7. The highest BCUT2D eigenvalue weighted by molar-refractivity contribution is 5.99. The largest absolute Gasteiger partial charge is 0.0724 e. The molecule has 2 aromatic rings. The molecule has 2 aromatic carbocycles. The van der Waals surface area contributed by atoms with E-state index in [1.165, 1.54) is 47.9 Å². The number of rotatable bonds is 0. The molecule has 0 heterocycles. The van der Waals surface area contributed by atoms with Crippen LogP contribution in [0, 0.1) is 10.8 Å². The van der Waals surface area contributed by atoms with Gasteiger partial charge >= 0.3 is 0 Å². The molecule has 4 aliphatic carbocycles. The van der Waals surface area contributed by atoms with Crippen molar-refractivity contribution in [3.05, 3.63) is 94.1 Å². The molecule has 0 spiro atoms. The van der Waals surface area contributed by atoms with Gasteiger partial charge in [-0.3, -0.25) is 0 Å². The van der Waals surface area contributed by atoms with E-state index < -0.39 is 0 Å². The van der Waals surface area contributed by atoms with Crippen molar-refractivity contribution in [2.45, 2.75) is 39.5 Å². The maximum Gasteiger partial charge on any atom is 0.0245 e. The summed E-state index contributed by atoms with van der Waals surface area (Å²) in [4.78, 5) is 0. The average molecular weight is 363 g/mol. The topological polar surface area (TPSA) is 0 Å². The van der Waals surface area contributed by atoms with E-state index in [1.807, 2.05) is 0 Å². The van der Waals surface area contributed by atoms with Crippen molar-refractivity contribution in [2.75, 3.05) is 0 Å². The van der Waals surface area contributed by atoms with Crippen LogP contribution in [0.3, 0.4) is 0 Å². The zero-order valence-electron chi connectivity index (χ0n) is 16.8. The van der Waals surface area contributed by atoms with Gasteiger partial charge in [0.15, 0.2) is 0 Å². The highest BCUT2D eigenvalue weighted by Crippen LogP contribution is 2.67. The molecule has 0 heteroatoms. The second-order valence-corrected chi connectivity index (χ2v) is 9.16. The summed E-state index contributed by atoms with van der Waals surface area (Å²) in [6.07, 6.45) is 14.8. The highest BCUT2D eigenvalue weighted by atomic mass is 14.6. The van der Waals surface area contributed by atoms with Crippen molar-refractivity contribution < 1.29 is 0 Å². The SMILES string of the molecule is CC12C=Cc3ccccc3C1=C1CCCCC1=C1c3ccccc3C=CC12C. The molecule has 0 nitrogen and oxygen atoms in total. The Labute approximate surface area is 168 Å². The molecule has 0 amide bonds. The Morgan fingerprint density at radius 1 is 0.607 bits per heavy atom. The smallest absolute Gasteiger partial charge is 0.0245 e. The van der Waals surface area contributed by atoms with E-state index in [2.05, 4.69) is 86.7 Å². The van der Waals surface area contributed by atoms with E-state index in [-0.39, 0.29) is 10.8 Å². The van der Waals surface area contributed by atoms with Crippen molar-refractivity contribution in [3.8, 4) is 0 Å². The molecule has 0 saturated heterocycles. The van der Waals surface area contributed by atoms with Gasteiger partial charge in [-0.05, 0) is 70.2 Å². The van der Waals surface area contributed by atoms with E-state index >= 15 is 0 Å². The van der Waals surface area contributed by atoms with Gasteiger partial charge in [-0.1, -0.05) is 86.7 Å². The third kappa shape index (κ3) is 1.86. The first-order valence-corrected chi connectivity index (χ1v) is 10.7. The van der Waals surface area contributed by atoms with Gasteiger partial charge < -0.3 is 0 Å². The van der Waals surface area contributed by atoms with E-state index in [0.29, 0.717) is 0 Å². The number of hydrogen-bond donors (Lipinski definition) is 0. The molecule has 2 atom stereocenters. The summed E-state index contributed by atoms with van der Waals surface area (Å²) in [5.41, 5.74) is 12.1. The fourth-order valence-corrected chi connectivity index (χ4v) is 6.25. The number of allylic oxidation sites excluding steroid dienone is 6. The van der Waals surface area contributed by atoms with Crippen LogP contribution in [-0.4, -0.2) is 0 Å². The lowest BCUT2D eigenvalue weighted by Crippen LogP contribution is -2.43. The van der Waals surface area contributed by atoms with Gasteiger partial charge in [-0.25, -0.2) is 0 Å². The molecule has 0 aliphatic heterocycles. The lowest BCUT2D eigenvalue weighted by atomic mass is 9.48. The lowest BCUT2D eigenvalue weighted by Gasteiger charge is -2.55. The van der Waals surface area contributed by atoms with Crippen molar-refractivity contribution in [1.82, 2.24) is 0 Å². The van der Waals surface area contributed by atoms with E-state index in [1.54, 1.807) is 22.3 Å². The summed E-state index contributed by atoms with van der Waals surface area (Å²) < 4.78 is 0. The monoisotopic (exact) mass is 362 g/mol. The molecule has 0 radical (unpaired) electrons. The van der Waals surface area contributed by atoms with Crippen molar-refractivity contribution >= 4 is 23.3 Å². The van der Waals surface area contributed by atoms with Crippen LogP contribution in [0.15, 0.2) is 71.8 Å². The van der Waals surface area contributed by atoms with Gasteiger partial charge in [-0.15, -0.1) is 0 Å². The van der Waals surface area contributed by atoms with E-state index in [0.717, 1.165) is 0 Å². The zero-order valence-corrected chi connectivity index (χ0v) is 16.8. The maximum absolute atomic E-state index is 2.50. The van der Waals surface area contributed by atoms with Gasteiger partial charge in [0.05, 0.1) is 0 Å². The van der Waals surface area contributed by atoms with Gasteiger partial charge in [-0.2, -0.15) is 0 Å². The molecule has 138 valence electrons. The Morgan fingerprint density at radius 3 is 1.50 bits per heavy atom. The van der Waals surface area contributed by atoms with Crippen LogP contribution in [0.5, 0.6) is 0 Å². The van der Waals surface area contributed by atoms with Gasteiger partial charge in [0.2, 0.25) is 0 Å². The second kappa shape index (κ2) is 5.47. The Morgan fingerprint density at radius 2 is 1.04 bits per heavy atom. The third-order valence-electron chi connectivity index (χ3n) is 7.84. The fraction of sp³-hybridized carbons (Fsp3) is 0.286. The quantitative estimate of drug-likeness (QED) is 0.454. The van der Waals surface area contributed by atoms with E-state index in [4.69, 9.17) is 0 Å². The number of hydrogen-bond acceptors (Lipinski definition) is 0. The van der Waals surface area contributed by atoms with E-state index in [9.17, 15) is 0 Å². The molecule has 0 N–H and O–H groups in total. The van der Waals surface area contributed by atoms with Crippen molar-refractivity contribution in [3.63, 3.8) is 0 Å². The standard InChI is InChI=1S/C28H26/c1-27-17-15-19-9-3-5-11-21(19)25(27)23-13-7-8-14-24(23)26-22-12-6-4-10-20(22)16-18-28(26,27)2/h3-6,9-12,15-18H,7-8,13-14H2,1-2H3. The Balaban J connectivity index is 1.77. The summed E-state index contributed by atoms with van der Waals surface area (Å²) in [6.45, 7) is 4.96. The molecule has 28 heavy (non-hydrogen) atoms. The van der Waals surface area contributed by atoms with Crippen LogP contribution in [0.25, 0.3) is 23.3 Å². The highest BCUT2D eigenvalue weighted by Gasteiger charge is 2.54.